The summed E-state index contributed by atoms with van der Waals surface area (Å²) in [6.07, 6.45) is 5.39. The second-order valence-corrected chi connectivity index (χ2v) is 9.73. The molecule has 3 fully saturated rings. The monoisotopic (exact) mass is 421 g/mol. The summed E-state index contributed by atoms with van der Waals surface area (Å²) in [7, 11) is 2.27. The molecule has 0 radical (unpaired) electrons. The van der Waals surface area contributed by atoms with E-state index in [1.807, 2.05) is 11.3 Å². The van der Waals surface area contributed by atoms with Gasteiger partial charge in [-0.25, -0.2) is 4.98 Å². The Morgan fingerprint density at radius 2 is 1.89 bits per heavy atom. The Hall–Kier alpha value is -0.990. The Morgan fingerprint density at radius 1 is 1.14 bits per heavy atom. The van der Waals surface area contributed by atoms with Crippen LogP contribution < -0.4 is 4.90 Å². The molecule has 2 aliphatic heterocycles. The SMILES string of the molecule is CN(Cc1cc2nc(Cl)nc(N3CCOCC3)c2s1)C1CCN(C2CC2)CC1. The van der Waals surface area contributed by atoms with E-state index in [1.165, 1.54) is 43.6 Å². The van der Waals surface area contributed by atoms with Crippen LogP contribution in [0.15, 0.2) is 6.07 Å². The van der Waals surface area contributed by atoms with Crippen molar-refractivity contribution in [3.63, 3.8) is 0 Å². The zero-order chi connectivity index (χ0) is 19.1. The first-order valence-electron chi connectivity index (χ1n) is 10.4. The van der Waals surface area contributed by atoms with E-state index in [9.17, 15) is 0 Å². The van der Waals surface area contributed by atoms with Gasteiger partial charge in [0.2, 0.25) is 5.28 Å². The molecule has 1 aliphatic carbocycles. The van der Waals surface area contributed by atoms with Crippen LogP contribution in [0.2, 0.25) is 5.28 Å². The lowest BCUT2D eigenvalue weighted by Gasteiger charge is -2.36. The lowest BCUT2D eigenvalue weighted by Crippen LogP contribution is -2.43. The van der Waals surface area contributed by atoms with Crippen LogP contribution in [-0.4, -0.2) is 78.3 Å². The van der Waals surface area contributed by atoms with Crippen molar-refractivity contribution in [1.29, 1.82) is 0 Å². The summed E-state index contributed by atoms with van der Waals surface area (Å²) in [6.45, 7) is 6.68. The maximum absolute atomic E-state index is 6.23. The van der Waals surface area contributed by atoms with Crippen LogP contribution in [0, 0.1) is 0 Å². The number of fused-ring (bicyclic) bond motifs is 1. The average Bonchev–Trinajstić information content (AvgIpc) is 3.49. The summed E-state index contributed by atoms with van der Waals surface area (Å²) < 4.78 is 6.64. The van der Waals surface area contributed by atoms with Crippen molar-refractivity contribution < 1.29 is 4.74 Å². The minimum absolute atomic E-state index is 0.333. The van der Waals surface area contributed by atoms with Crippen molar-refractivity contribution in [2.24, 2.45) is 0 Å². The second kappa shape index (κ2) is 8.03. The maximum atomic E-state index is 6.23. The van der Waals surface area contributed by atoms with Crippen molar-refractivity contribution in [3.05, 3.63) is 16.2 Å². The highest BCUT2D eigenvalue weighted by Crippen LogP contribution is 2.35. The zero-order valence-electron chi connectivity index (χ0n) is 16.4. The number of piperidine rings is 1. The fourth-order valence-electron chi connectivity index (χ4n) is 4.51. The van der Waals surface area contributed by atoms with Gasteiger partial charge in [0.05, 0.1) is 23.4 Å². The molecule has 0 bridgehead atoms. The van der Waals surface area contributed by atoms with E-state index in [0.717, 1.165) is 54.9 Å². The first kappa shape index (κ1) is 19.0. The Balaban J connectivity index is 1.30. The number of morpholine rings is 1. The van der Waals surface area contributed by atoms with Crippen LogP contribution >= 0.6 is 22.9 Å². The molecule has 0 unspecified atom stereocenters. The highest BCUT2D eigenvalue weighted by Gasteiger charge is 2.32. The lowest BCUT2D eigenvalue weighted by atomic mass is 10.0. The smallest absolute Gasteiger partial charge is 0.224 e. The molecule has 0 spiro atoms. The van der Waals surface area contributed by atoms with Crippen molar-refractivity contribution in [3.8, 4) is 0 Å². The van der Waals surface area contributed by atoms with Crippen molar-refractivity contribution in [1.82, 2.24) is 19.8 Å². The van der Waals surface area contributed by atoms with E-state index in [0.29, 0.717) is 11.3 Å². The van der Waals surface area contributed by atoms with Gasteiger partial charge in [-0.15, -0.1) is 11.3 Å². The van der Waals surface area contributed by atoms with Crippen molar-refractivity contribution in [2.75, 3.05) is 51.3 Å². The fourth-order valence-corrected chi connectivity index (χ4v) is 5.86. The van der Waals surface area contributed by atoms with Gasteiger partial charge < -0.3 is 14.5 Å². The fraction of sp³-hybridized carbons (Fsp3) is 0.700. The van der Waals surface area contributed by atoms with Gasteiger partial charge in [0.1, 0.15) is 0 Å². The molecular weight excluding hydrogens is 394 g/mol. The van der Waals surface area contributed by atoms with E-state index < -0.39 is 0 Å². The van der Waals surface area contributed by atoms with Gasteiger partial charge in [-0.3, -0.25) is 4.90 Å². The predicted molar refractivity (Wildman–Crippen MR) is 115 cm³/mol. The summed E-state index contributed by atoms with van der Waals surface area (Å²) in [5, 5.41) is 0.333. The maximum Gasteiger partial charge on any atom is 0.224 e. The molecule has 4 heterocycles. The van der Waals surface area contributed by atoms with E-state index >= 15 is 0 Å². The van der Waals surface area contributed by atoms with E-state index in [4.69, 9.17) is 16.3 Å². The zero-order valence-corrected chi connectivity index (χ0v) is 18.0. The van der Waals surface area contributed by atoms with Crippen LogP contribution in [0.4, 0.5) is 5.82 Å². The molecule has 6 nitrogen and oxygen atoms in total. The lowest BCUT2D eigenvalue weighted by molar-refractivity contribution is 0.119. The molecule has 0 aromatic carbocycles. The first-order valence-corrected chi connectivity index (χ1v) is 11.6. The molecule has 0 N–H and O–H groups in total. The number of ether oxygens (including phenoxy) is 1. The van der Waals surface area contributed by atoms with Gasteiger partial charge in [-0.1, -0.05) is 0 Å². The Labute approximate surface area is 175 Å². The standard InChI is InChI=1S/C20H28ClN5OS/c1-24(14-4-6-25(7-5-14)15-2-3-15)13-16-12-17-18(28-16)19(23-20(21)22-17)26-8-10-27-11-9-26/h12,14-15H,2-11,13H2,1H3. The van der Waals surface area contributed by atoms with E-state index in [-0.39, 0.29) is 0 Å². The molecule has 0 amide bonds. The van der Waals surface area contributed by atoms with Gasteiger partial charge >= 0.3 is 0 Å². The number of anilines is 1. The molecule has 1 saturated carbocycles. The largest absolute Gasteiger partial charge is 0.378 e. The number of likely N-dealkylation sites (tertiary alicyclic amines) is 1. The van der Waals surface area contributed by atoms with Gasteiger partial charge in [-0.2, -0.15) is 4.98 Å². The summed E-state index contributed by atoms with van der Waals surface area (Å²) in [5.74, 6) is 0.968. The number of halogens is 1. The number of aromatic nitrogens is 2. The highest BCUT2D eigenvalue weighted by atomic mass is 35.5. The Bertz CT molecular complexity index is 827. The number of rotatable bonds is 5. The number of thiophene rings is 1. The van der Waals surface area contributed by atoms with Crippen LogP contribution in [0.1, 0.15) is 30.6 Å². The highest BCUT2D eigenvalue weighted by molar-refractivity contribution is 7.19. The molecule has 2 aromatic heterocycles. The molecule has 0 atom stereocenters. The molecule has 152 valence electrons. The summed E-state index contributed by atoms with van der Waals surface area (Å²) in [5.41, 5.74) is 0.971. The van der Waals surface area contributed by atoms with Gasteiger partial charge in [0.25, 0.3) is 0 Å². The average molecular weight is 422 g/mol. The van der Waals surface area contributed by atoms with Gasteiger partial charge in [0.15, 0.2) is 5.82 Å². The predicted octanol–water partition coefficient (Wildman–Crippen LogP) is 3.24. The molecular formula is C20H28ClN5OS. The van der Waals surface area contributed by atoms with Crippen LogP contribution in [-0.2, 0) is 11.3 Å². The minimum Gasteiger partial charge on any atom is -0.378 e. The number of hydrogen-bond donors (Lipinski definition) is 0. The van der Waals surface area contributed by atoms with Crippen molar-refractivity contribution >= 4 is 39.0 Å². The molecule has 2 aromatic rings. The third-order valence-electron chi connectivity index (χ3n) is 6.28. The second-order valence-electron chi connectivity index (χ2n) is 8.26. The molecule has 8 heteroatoms. The van der Waals surface area contributed by atoms with Gasteiger partial charge in [0, 0.05) is 36.6 Å². The van der Waals surface area contributed by atoms with Crippen molar-refractivity contribution in [2.45, 2.75) is 44.3 Å². The van der Waals surface area contributed by atoms with Crippen LogP contribution in [0.25, 0.3) is 10.2 Å². The molecule has 28 heavy (non-hydrogen) atoms. The topological polar surface area (TPSA) is 44.7 Å². The summed E-state index contributed by atoms with van der Waals surface area (Å²) in [4.78, 5) is 17.9. The summed E-state index contributed by atoms with van der Waals surface area (Å²) in [6, 6.07) is 3.78. The Kier molecular flexibility index (Phi) is 5.45. The van der Waals surface area contributed by atoms with E-state index in [1.54, 1.807) is 0 Å². The minimum atomic E-state index is 0.333. The summed E-state index contributed by atoms with van der Waals surface area (Å²) >= 11 is 8.05. The number of hydrogen-bond acceptors (Lipinski definition) is 7. The van der Waals surface area contributed by atoms with Crippen LogP contribution in [0.3, 0.4) is 0 Å². The molecule has 2 saturated heterocycles. The normalized spacial score (nSPS) is 22.5. The third-order valence-corrected chi connectivity index (χ3v) is 7.55. The molecule has 5 rings (SSSR count). The van der Waals surface area contributed by atoms with Gasteiger partial charge in [-0.05, 0) is 63.5 Å². The number of nitrogens with zero attached hydrogens (tertiary/aromatic N) is 5. The Morgan fingerprint density at radius 3 is 2.61 bits per heavy atom. The third kappa shape index (κ3) is 4.00. The van der Waals surface area contributed by atoms with Crippen LogP contribution in [0.5, 0.6) is 0 Å². The quantitative estimate of drug-likeness (QED) is 0.690. The molecule has 3 aliphatic rings. The first-order chi connectivity index (χ1) is 13.7. The van der Waals surface area contributed by atoms with E-state index in [2.05, 4.69) is 37.8 Å².